The van der Waals surface area contributed by atoms with Crippen LogP contribution in [0.1, 0.15) is 39.7 Å². The standard InChI is InChI=1S/C16H25NO2/c1-12(2)11-16(15(18)19-5,17-13(3)4)14-9-7-6-8-10-14/h6-10,12-13,17H,11H2,1-5H3. The molecule has 0 saturated carbocycles. The van der Waals surface area contributed by atoms with E-state index in [1.807, 2.05) is 44.2 Å². The SMILES string of the molecule is COC(=O)C(CC(C)C)(NC(C)C)c1ccccc1. The number of benzene rings is 1. The lowest BCUT2D eigenvalue weighted by Crippen LogP contribution is -2.53. The highest BCUT2D eigenvalue weighted by molar-refractivity contribution is 5.82. The normalized spacial score (nSPS) is 14.5. The van der Waals surface area contributed by atoms with Crippen LogP contribution in [0.3, 0.4) is 0 Å². The minimum Gasteiger partial charge on any atom is -0.467 e. The second-order valence-corrected chi connectivity index (χ2v) is 5.66. The third-order valence-electron chi connectivity index (χ3n) is 3.05. The maximum atomic E-state index is 12.4. The first-order valence-corrected chi connectivity index (χ1v) is 6.84. The molecular formula is C16H25NO2. The first-order chi connectivity index (χ1) is 8.92. The second-order valence-electron chi connectivity index (χ2n) is 5.66. The van der Waals surface area contributed by atoms with Gasteiger partial charge in [-0.25, -0.2) is 4.79 Å². The van der Waals surface area contributed by atoms with Crippen molar-refractivity contribution < 1.29 is 9.53 Å². The molecule has 0 fully saturated rings. The van der Waals surface area contributed by atoms with Crippen molar-refractivity contribution in [2.75, 3.05) is 7.11 Å². The van der Waals surface area contributed by atoms with E-state index in [9.17, 15) is 4.79 Å². The topological polar surface area (TPSA) is 38.3 Å². The molecule has 0 aliphatic rings. The number of ether oxygens (including phenoxy) is 1. The average molecular weight is 263 g/mol. The summed E-state index contributed by atoms with van der Waals surface area (Å²) in [5.74, 6) is 0.159. The van der Waals surface area contributed by atoms with Crippen molar-refractivity contribution in [3.63, 3.8) is 0 Å². The average Bonchev–Trinajstić information content (AvgIpc) is 2.36. The van der Waals surface area contributed by atoms with E-state index >= 15 is 0 Å². The van der Waals surface area contributed by atoms with Gasteiger partial charge in [0.1, 0.15) is 5.54 Å². The van der Waals surface area contributed by atoms with Crippen molar-refractivity contribution in [1.29, 1.82) is 0 Å². The Balaban J connectivity index is 3.29. The predicted octanol–water partition coefficient (Wildman–Crippen LogP) is 3.10. The summed E-state index contributed by atoms with van der Waals surface area (Å²) in [5.41, 5.74) is 0.197. The summed E-state index contributed by atoms with van der Waals surface area (Å²) < 4.78 is 5.07. The molecule has 0 heterocycles. The Hall–Kier alpha value is -1.35. The largest absolute Gasteiger partial charge is 0.467 e. The summed E-state index contributed by atoms with van der Waals surface area (Å²) in [6.45, 7) is 8.31. The molecule has 1 atom stereocenters. The molecule has 1 aromatic carbocycles. The molecule has 0 amide bonds. The molecule has 0 radical (unpaired) electrons. The fourth-order valence-electron chi connectivity index (χ4n) is 2.52. The lowest BCUT2D eigenvalue weighted by molar-refractivity contribution is -0.150. The summed E-state index contributed by atoms with van der Waals surface area (Å²) in [7, 11) is 1.45. The van der Waals surface area contributed by atoms with Crippen molar-refractivity contribution in [2.24, 2.45) is 5.92 Å². The fraction of sp³-hybridized carbons (Fsp3) is 0.562. The molecule has 106 valence electrons. The summed E-state index contributed by atoms with van der Waals surface area (Å²) in [6.07, 6.45) is 0.710. The number of carbonyl (C=O) groups excluding carboxylic acids is 1. The molecule has 1 unspecified atom stereocenters. The van der Waals surface area contributed by atoms with Gasteiger partial charge in [0.05, 0.1) is 7.11 Å². The first-order valence-electron chi connectivity index (χ1n) is 6.84. The van der Waals surface area contributed by atoms with Gasteiger partial charge in [-0.3, -0.25) is 5.32 Å². The van der Waals surface area contributed by atoms with E-state index in [0.717, 1.165) is 5.56 Å². The molecule has 0 saturated heterocycles. The van der Waals surface area contributed by atoms with Gasteiger partial charge >= 0.3 is 5.97 Å². The molecule has 0 aromatic heterocycles. The highest BCUT2D eigenvalue weighted by Gasteiger charge is 2.42. The van der Waals surface area contributed by atoms with Crippen LogP contribution < -0.4 is 5.32 Å². The highest BCUT2D eigenvalue weighted by atomic mass is 16.5. The van der Waals surface area contributed by atoms with Crippen LogP contribution in [-0.2, 0) is 15.1 Å². The molecule has 1 N–H and O–H groups in total. The van der Waals surface area contributed by atoms with Gasteiger partial charge in [-0.15, -0.1) is 0 Å². The maximum Gasteiger partial charge on any atom is 0.330 e. The van der Waals surface area contributed by atoms with E-state index in [-0.39, 0.29) is 12.0 Å². The van der Waals surface area contributed by atoms with Gasteiger partial charge in [0, 0.05) is 6.04 Å². The summed E-state index contributed by atoms with van der Waals surface area (Å²) >= 11 is 0. The third-order valence-corrected chi connectivity index (χ3v) is 3.05. The molecule has 3 heteroatoms. The summed E-state index contributed by atoms with van der Waals surface area (Å²) in [4.78, 5) is 12.4. The number of esters is 1. The zero-order chi connectivity index (χ0) is 14.5. The summed E-state index contributed by atoms with van der Waals surface area (Å²) in [5, 5.41) is 3.42. The van der Waals surface area contributed by atoms with Crippen molar-refractivity contribution in [3.05, 3.63) is 35.9 Å². The van der Waals surface area contributed by atoms with Crippen molar-refractivity contribution in [3.8, 4) is 0 Å². The van der Waals surface area contributed by atoms with Crippen molar-refractivity contribution >= 4 is 5.97 Å². The van der Waals surface area contributed by atoms with E-state index in [4.69, 9.17) is 4.74 Å². The Kier molecular flexibility index (Phi) is 5.55. The van der Waals surface area contributed by atoms with Crippen molar-refractivity contribution in [1.82, 2.24) is 5.32 Å². The van der Waals surface area contributed by atoms with Gasteiger partial charge in [-0.1, -0.05) is 44.2 Å². The molecule has 0 bridgehead atoms. The Morgan fingerprint density at radius 3 is 2.21 bits per heavy atom. The van der Waals surface area contributed by atoms with Gasteiger partial charge in [0.15, 0.2) is 0 Å². The van der Waals surface area contributed by atoms with Crippen LogP contribution in [0.2, 0.25) is 0 Å². The number of methoxy groups -OCH3 is 1. The summed E-state index contributed by atoms with van der Waals surface area (Å²) in [6, 6.07) is 10.0. The van der Waals surface area contributed by atoms with Gasteiger partial charge in [0.2, 0.25) is 0 Å². The molecule has 1 rings (SSSR count). The van der Waals surface area contributed by atoms with Crippen LogP contribution in [0.15, 0.2) is 30.3 Å². The predicted molar refractivity (Wildman–Crippen MR) is 77.9 cm³/mol. The molecule has 3 nitrogen and oxygen atoms in total. The maximum absolute atomic E-state index is 12.4. The first kappa shape index (κ1) is 15.7. The zero-order valence-corrected chi connectivity index (χ0v) is 12.6. The van der Waals surface area contributed by atoms with Crippen LogP contribution in [0.25, 0.3) is 0 Å². The van der Waals surface area contributed by atoms with Gasteiger partial charge < -0.3 is 4.74 Å². The molecular weight excluding hydrogens is 238 g/mol. The number of carbonyl (C=O) groups is 1. The lowest BCUT2D eigenvalue weighted by Gasteiger charge is -2.36. The minimum atomic E-state index is -0.766. The number of hydrogen-bond donors (Lipinski definition) is 1. The zero-order valence-electron chi connectivity index (χ0n) is 12.6. The van der Waals surface area contributed by atoms with Crippen LogP contribution in [0, 0.1) is 5.92 Å². The van der Waals surface area contributed by atoms with Crippen LogP contribution in [-0.4, -0.2) is 19.1 Å². The Labute approximate surface area is 116 Å². The van der Waals surface area contributed by atoms with Crippen LogP contribution in [0.4, 0.5) is 0 Å². The Morgan fingerprint density at radius 2 is 1.79 bits per heavy atom. The van der Waals surface area contributed by atoms with E-state index in [0.29, 0.717) is 12.3 Å². The van der Waals surface area contributed by atoms with Gasteiger partial charge in [-0.2, -0.15) is 0 Å². The second kappa shape index (κ2) is 6.71. The minimum absolute atomic E-state index is 0.193. The van der Waals surface area contributed by atoms with Crippen LogP contribution in [0.5, 0.6) is 0 Å². The van der Waals surface area contributed by atoms with E-state index in [1.165, 1.54) is 7.11 Å². The number of hydrogen-bond acceptors (Lipinski definition) is 3. The van der Waals surface area contributed by atoms with Gasteiger partial charge in [-0.05, 0) is 31.7 Å². The molecule has 1 aromatic rings. The quantitative estimate of drug-likeness (QED) is 0.801. The van der Waals surface area contributed by atoms with Gasteiger partial charge in [0.25, 0.3) is 0 Å². The fourth-order valence-corrected chi connectivity index (χ4v) is 2.52. The Bertz CT molecular complexity index is 388. The molecule has 0 aliphatic carbocycles. The number of nitrogens with one attached hydrogen (secondary N) is 1. The number of rotatable bonds is 6. The third kappa shape index (κ3) is 3.80. The van der Waals surface area contributed by atoms with E-state index < -0.39 is 5.54 Å². The van der Waals surface area contributed by atoms with E-state index in [1.54, 1.807) is 0 Å². The highest BCUT2D eigenvalue weighted by Crippen LogP contribution is 2.31. The Morgan fingerprint density at radius 1 is 1.21 bits per heavy atom. The van der Waals surface area contributed by atoms with E-state index in [2.05, 4.69) is 19.2 Å². The van der Waals surface area contributed by atoms with Crippen molar-refractivity contribution in [2.45, 2.75) is 45.7 Å². The molecule has 0 aliphatic heterocycles. The van der Waals surface area contributed by atoms with Crippen LogP contribution >= 0.6 is 0 Å². The smallest absolute Gasteiger partial charge is 0.330 e. The molecule has 19 heavy (non-hydrogen) atoms. The lowest BCUT2D eigenvalue weighted by atomic mass is 9.81. The monoisotopic (exact) mass is 263 g/mol. The molecule has 0 spiro atoms.